The van der Waals surface area contributed by atoms with E-state index in [1.54, 1.807) is 30.3 Å². The van der Waals surface area contributed by atoms with Crippen LogP contribution in [0.1, 0.15) is 36.5 Å². The molecule has 6 heteroatoms. The Bertz CT molecular complexity index is 679. The summed E-state index contributed by atoms with van der Waals surface area (Å²) in [6.45, 7) is 2.82. The molecular formula is C18H17BrCl2O3. The van der Waals surface area contributed by atoms with Gasteiger partial charge in [0.05, 0.1) is 21.7 Å². The van der Waals surface area contributed by atoms with E-state index in [1.165, 1.54) is 6.07 Å². The van der Waals surface area contributed by atoms with Crippen LogP contribution in [0.25, 0.3) is 0 Å². The van der Waals surface area contributed by atoms with Gasteiger partial charge in [-0.3, -0.25) is 0 Å². The molecule has 2 rings (SSSR count). The van der Waals surface area contributed by atoms with Crippen LogP contribution in [0.2, 0.25) is 10.0 Å². The molecule has 2 aromatic carbocycles. The molecule has 0 aromatic heterocycles. The summed E-state index contributed by atoms with van der Waals surface area (Å²) in [7, 11) is 0. The number of unbranched alkanes of at least 4 members (excludes halogenated alkanes) is 2. The standard InChI is InChI=1S/C18H17BrCl2O3/c1-2-3-4-9-23-14-7-5-12(6-8-14)18(22)24-17-15(19)10-13(20)11-16(17)21/h5-8,10-11H,2-4,9H2,1H3. The lowest BCUT2D eigenvalue weighted by molar-refractivity contribution is 0.0733. The van der Waals surface area contributed by atoms with Crippen LogP contribution in [0.4, 0.5) is 0 Å². The number of carbonyl (C=O) groups excluding carboxylic acids is 1. The van der Waals surface area contributed by atoms with E-state index in [0.29, 0.717) is 21.7 Å². The van der Waals surface area contributed by atoms with Gasteiger partial charge in [-0.25, -0.2) is 4.79 Å². The molecule has 0 bridgehead atoms. The summed E-state index contributed by atoms with van der Waals surface area (Å²) in [6, 6.07) is 9.96. The second kappa shape index (κ2) is 9.30. The summed E-state index contributed by atoms with van der Waals surface area (Å²) in [4.78, 5) is 12.2. The van der Waals surface area contributed by atoms with Crippen molar-refractivity contribution in [1.82, 2.24) is 0 Å². The van der Waals surface area contributed by atoms with Gasteiger partial charge in [-0.2, -0.15) is 0 Å². The quantitative estimate of drug-likeness (QED) is 0.283. The lowest BCUT2D eigenvalue weighted by Gasteiger charge is -2.10. The predicted octanol–water partition coefficient (Wildman–Crippen LogP) is 6.54. The summed E-state index contributed by atoms with van der Waals surface area (Å²) in [5.74, 6) is 0.469. The van der Waals surface area contributed by atoms with Gasteiger partial charge in [0, 0.05) is 5.02 Å². The Hall–Kier alpha value is -1.23. The highest BCUT2D eigenvalue weighted by atomic mass is 79.9. The summed E-state index contributed by atoms with van der Waals surface area (Å²) in [5.41, 5.74) is 0.411. The van der Waals surface area contributed by atoms with Crippen molar-refractivity contribution in [2.24, 2.45) is 0 Å². The van der Waals surface area contributed by atoms with Crippen LogP contribution in [-0.4, -0.2) is 12.6 Å². The van der Waals surface area contributed by atoms with Crippen molar-refractivity contribution >= 4 is 45.1 Å². The van der Waals surface area contributed by atoms with Crippen molar-refractivity contribution < 1.29 is 14.3 Å². The SMILES string of the molecule is CCCCCOc1ccc(C(=O)Oc2c(Cl)cc(Cl)cc2Br)cc1. The van der Waals surface area contributed by atoms with E-state index in [1.807, 2.05) is 0 Å². The topological polar surface area (TPSA) is 35.5 Å². The van der Waals surface area contributed by atoms with Gasteiger partial charge in [-0.15, -0.1) is 0 Å². The molecule has 0 aliphatic rings. The van der Waals surface area contributed by atoms with Crippen molar-refractivity contribution in [2.45, 2.75) is 26.2 Å². The fraction of sp³-hybridized carbons (Fsp3) is 0.278. The van der Waals surface area contributed by atoms with Gasteiger partial charge in [-0.05, 0) is 58.7 Å². The second-order valence-electron chi connectivity index (χ2n) is 5.17. The zero-order valence-electron chi connectivity index (χ0n) is 13.2. The van der Waals surface area contributed by atoms with Crippen molar-refractivity contribution in [3.8, 4) is 11.5 Å². The summed E-state index contributed by atoms with van der Waals surface area (Å²) < 4.78 is 11.5. The number of carbonyl (C=O) groups is 1. The minimum atomic E-state index is -0.502. The maximum Gasteiger partial charge on any atom is 0.343 e. The van der Waals surface area contributed by atoms with E-state index < -0.39 is 5.97 Å². The first-order valence-corrected chi connectivity index (χ1v) is 9.15. The van der Waals surface area contributed by atoms with Crippen molar-refractivity contribution in [2.75, 3.05) is 6.61 Å². The molecular weight excluding hydrogens is 415 g/mol. The third-order valence-electron chi connectivity index (χ3n) is 3.26. The molecule has 0 spiro atoms. The number of hydrogen-bond donors (Lipinski definition) is 0. The summed E-state index contributed by atoms with van der Waals surface area (Å²) in [6.07, 6.45) is 3.31. The first-order chi connectivity index (χ1) is 11.5. The Morgan fingerprint density at radius 1 is 1.12 bits per heavy atom. The molecule has 2 aromatic rings. The summed E-state index contributed by atoms with van der Waals surface area (Å²) >= 11 is 15.2. The number of halogens is 3. The Balaban J connectivity index is 2.00. The molecule has 3 nitrogen and oxygen atoms in total. The summed E-state index contributed by atoms with van der Waals surface area (Å²) in [5, 5.41) is 0.717. The first-order valence-electron chi connectivity index (χ1n) is 7.61. The van der Waals surface area contributed by atoms with Gasteiger partial charge in [0.15, 0.2) is 5.75 Å². The highest BCUT2D eigenvalue weighted by molar-refractivity contribution is 9.10. The van der Waals surface area contributed by atoms with E-state index in [-0.39, 0.29) is 10.8 Å². The molecule has 0 N–H and O–H groups in total. The molecule has 0 saturated heterocycles. The van der Waals surface area contributed by atoms with E-state index in [2.05, 4.69) is 22.9 Å². The van der Waals surface area contributed by atoms with Crippen LogP contribution in [0, 0.1) is 0 Å². The zero-order valence-corrected chi connectivity index (χ0v) is 16.2. The van der Waals surface area contributed by atoms with E-state index in [9.17, 15) is 4.79 Å². The van der Waals surface area contributed by atoms with Crippen LogP contribution in [0.3, 0.4) is 0 Å². The number of rotatable bonds is 7. The van der Waals surface area contributed by atoms with Gasteiger partial charge in [0.25, 0.3) is 0 Å². The average molecular weight is 432 g/mol. The molecule has 0 unspecified atom stereocenters. The van der Waals surface area contributed by atoms with Crippen molar-refractivity contribution in [3.05, 3.63) is 56.5 Å². The van der Waals surface area contributed by atoms with E-state index in [4.69, 9.17) is 32.7 Å². The maximum atomic E-state index is 12.2. The number of ether oxygens (including phenoxy) is 2. The molecule has 0 saturated carbocycles. The van der Waals surface area contributed by atoms with Gasteiger partial charge in [-0.1, -0.05) is 43.0 Å². The maximum absolute atomic E-state index is 12.2. The molecule has 0 heterocycles. The Morgan fingerprint density at radius 2 is 1.83 bits per heavy atom. The number of benzene rings is 2. The lowest BCUT2D eigenvalue weighted by Crippen LogP contribution is -2.09. The Morgan fingerprint density at radius 3 is 2.46 bits per heavy atom. The number of esters is 1. The molecule has 128 valence electrons. The highest BCUT2D eigenvalue weighted by Gasteiger charge is 2.15. The van der Waals surface area contributed by atoms with Gasteiger partial charge in [0.2, 0.25) is 0 Å². The van der Waals surface area contributed by atoms with E-state index >= 15 is 0 Å². The van der Waals surface area contributed by atoms with Crippen LogP contribution < -0.4 is 9.47 Å². The Labute approximate surface area is 160 Å². The largest absolute Gasteiger partial charge is 0.494 e. The van der Waals surface area contributed by atoms with Gasteiger partial charge >= 0.3 is 5.97 Å². The average Bonchev–Trinajstić information content (AvgIpc) is 2.55. The molecule has 0 aliphatic heterocycles. The van der Waals surface area contributed by atoms with Crippen LogP contribution in [-0.2, 0) is 0 Å². The van der Waals surface area contributed by atoms with Crippen LogP contribution >= 0.6 is 39.1 Å². The second-order valence-corrected chi connectivity index (χ2v) is 6.87. The Kier molecular flexibility index (Phi) is 7.40. The smallest absolute Gasteiger partial charge is 0.343 e. The van der Waals surface area contributed by atoms with Crippen molar-refractivity contribution in [1.29, 1.82) is 0 Å². The predicted molar refractivity (Wildman–Crippen MR) is 101 cm³/mol. The minimum absolute atomic E-state index is 0.242. The van der Waals surface area contributed by atoms with Gasteiger partial charge in [0.1, 0.15) is 5.75 Å². The normalized spacial score (nSPS) is 10.5. The van der Waals surface area contributed by atoms with Crippen molar-refractivity contribution in [3.63, 3.8) is 0 Å². The number of hydrogen-bond acceptors (Lipinski definition) is 3. The fourth-order valence-electron chi connectivity index (χ4n) is 2.01. The minimum Gasteiger partial charge on any atom is -0.494 e. The monoisotopic (exact) mass is 430 g/mol. The van der Waals surface area contributed by atoms with Crippen LogP contribution in [0.15, 0.2) is 40.9 Å². The van der Waals surface area contributed by atoms with Gasteiger partial charge < -0.3 is 9.47 Å². The van der Waals surface area contributed by atoms with Crippen LogP contribution in [0.5, 0.6) is 11.5 Å². The third-order valence-corrected chi connectivity index (χ3v) is 4.35. The van der Waals surface area contributed by atoms with E-state index in [0.717, 1.165) is 25.0 Å². The molecule has 24 heavy (non-hydrogen) atoms. The zero-order chi connectivity index (χ0) is 17.5. The molecule has 0 amide bonds. The third kappa shape index (κ3) is 5.40. The molecule has 0 fully saturated rings. The fourth-order valence-corrected chi connectivity index (χ4v) is 3.33. The first kappa shape index (κ1) is 19.1. The molecule has 0 radical (unpaired) electrons. The lowest BCUT2D eigenvalue weighted by atomic mass is 10.2. The molecule has 0 aliphatic carbocycles. The highest BCUT2D eigenvalue weighted by Crippen LogP contribution is 2.36. The molecule has 0 atom stereocenters.